The summed E-state index contributed by atoms with van der Waals surface area (Å²) >= 11 is 1.82. The number of aryl methyl sites for hydroxylation is 1. The second-order valence-electron chi connectivity index (χ2n) is 3.38. The fraction of sp³-hybridized carbons (Fsp3) is 0.700. The van der Waals surface area contributed by atoms with E-state index in [0.29, 0.717) is 0 Å². The lowest BCUT2D eigenvalue weighted by Gasteiger charge is -2.11. The summed E-state index contributed by atoms with van der Waals surface area (Å²) < 4.78 is 0. The Bertz CT molecular complexity index is 245. The smallest absolute Gasteiger partial charge is 0.0896 e. The van der Waals surface area contributed by atoms with Crippen molar-refractivity contribution in [3.05, 3.63) is 16.1 Å². The molecular formula is C10H18N2S. The molecule has 2 nitrogen and oxygen atoms in total. The van der Waals surface area contributed by atoms with Crippen LogP contribution < -0.4 is 5.32 Å². The second kappa shape index (κ2) is 5.35. The average Bonchev–Trinajstić information content (AvgIpc) is 2.50. The molecule has 0 fully saturated rings. The van der Waals surface area contributed by atoms with E-state index in [1.54, 1.807) is 0 Å². The average molecular weight is 198 g/mol. The van der Waals surface area contributed by atoms with E-state index in [1.807, 2.05) is 24.6 Å². The molecule has 1 atom stereocenters. The number of nitrogens with one attached hydrogen (secondary N) is 1. The van der Waals surface area contributed by atoms with Crippen molar-refractivity contribution in [3.8, 4) is 0 Å². The van der Waals surface area contributed by atoms with Crippen molar-refractivity contribution in [2.45, 2.75) is 26.7 Å². The van der Waals surface area contributed by atoms with Crippen molar-refractivity contribution in [2.75, 3.05) is 13.6 Å². The summed E-state index contributed by atoms with van der Waals surface area (Å²) in [4.78, 5) is 5.68. The van der Waals surface area contributed by atoms with Gasteiger partial charge in [0.1, 0.15) is 0 Å². The number of aromatic nitrogens is 1. The summed E-state index contributed by atoms with van der Waals surface area (Å²) in [6.45, 7) is 5.41. The summed E-state index contributed by atoms with van der Waals surface area (Å²) in [5, 5.41) is 4.41. The van der Waals surface area contributed by atoms with E-state index in [1.165, 1.54) is 22.7 Å². The zero-order valence-corrected chi connectivity index (χ0v) is 9.45. The monoisotopic (exact) mass is 198 g/mol. The zero-order valence-electron chi connectivity index (χ0n) is 8.63. The van der Waals surface area contributed by atoms with Gasteiger partial charge in [0.15, 0.2) is 0 Å². The minimum atomic E-state index is 0.754. The third kappa shape index (κ3) is 3.44. The van der Waals surface area contributed by atoms with Crippen molar-refractivity contribution < 1.29 is 0 Å². The summed E-state index contributed by atoms with van der Waals surface area (Å²) in [6, 6.07) is 0. The highest BCUT2D eigenvalue weighted by Gasteiger charge is 2.07. The Morgan fingerprint density at radius 3 is 2.85 bits per heavy atom. The number of hydrogen-bond donors (Lipinski definition) is 1. The van der Waals surface area contributed by atoms with Gasteiger partial charge in [-0.3, -0.25) is 0 Å². The molecule has 1 unspecified atom stereocenters. The van der Waals surface area contributed by atoms with E-state index in [-0.39, 0.29) is 0 Å². The molecule has 1 heterocycles. The van der Waals surface area contributed by atoms with Crippen molar-refractivity contribution in [2.24, 2.45) is 5.92 Å². The topological polar surface area (TPSA) is 24.9 Å². The first kappa shape index (κ1) is 10.7. The summed E-state index contributed by atoms with van der Waals surface area (Å²) in [7, 11) is 2.01. The largest absolute Gasteiger partial charge is 0.319 e. The van der Waals surface area contributed by atoms with Crippen molar-refractivity contribution in [3.63, 3.8) is 0 Å². The fourth-order valence-corrected chi connectivity index (χ4v) is 2.34. The zero-order chi connectivity index (χ0) is 9.68. The molecule has 0 aliphatic heterocycles. The van der Waals surface area contributed by atoms with E-state index in [9.17, 15) is 0 Å². The Hall–Kier alpha value is -0.410. The minimum absolute atomic E-state index is 0.754. The van der Waals surface area contributed by atoms with Gasteiger partial charge in [0.05, 0.1) is 5.01 Å². The van der Waals surface area contributed by atoms with E-state index in [2.05, 4.69) is 24.1 Å². The van der Waals surface area contributed by atoms with Gasteiger partial charge in [-0.05, 0) is 32.9 Å². The standard InChI is InChI=1S/C10H18N2S/c1-4-9(6-11-3)5-10-7-12-8(2)13-10/h7,9,11H,4-6H2,1-3H3. The molecule has 0 radical (unpaired) electrons. The van der Waals surface area contributed by atoms with Crippen LogP contribution >= 0.6 is 11.3 Å². The van der Waals surface area contributed by atoms with E-state index < -0.39 is 0 Å². The summed E-state index contributed by atoms with van der Waals surface area (Å²) in [6.07, 6.45) is 4.42. The van der Waals surface area contributed by atoms with Crippen LogP contribution in [0, 0.1) is 12.8 Å². The van der Waals surface area contributed by atoms with Crippen LogP contribution in [0.5, 0.6) is 0 Å². The third-order valence-corrected chi connectivity index (χ3v) is 3.16. The minimum Gasteiger partial charge on any atom is -0.319 e. The Balaban J connectivity index is 2.46. The number of hydrogen-bond acceptors (Lipinski definition) is 3. The first-order valence-electron chi connectivity index (χ1n) is 4.82. The molecule has 0 amide bonds. The molecule has 0 saturated heterocycles. The molecule has 1 aromatic heterocycles. The number of nitrogens with zero attached hydrogens (tertiary/aromatic N) is 1. The molecular weight excluding hydrogens is 180 g/mol. The molecule has 0 aromatic carbocycles. The maximum Gasteiger partial charge on any atom is 0.0896 e. The Morgan fingerprint density at radius 1 is 1.62 bits per heavy atom. The summed E-state index contributed by atoms with van der Waals surface area (Å²) in [5.41, 5.74) is 0. The van der Waals surface area contributed by atoms with Gasteiger partial charge in [-0.25, -0.2) is 4.98 Å². The van der Waals surface area contributed by atoms with Crippen LogP contribution in [0.4, 0.5) is 0 Å². The molecule has 1 aromatic rings. The highest BCUT2D eigenvalue weighted by atomic mass is 32.1. The van der Waals surface area contributed by atoms with Gasteiger partial charge in [-0.2, -0.15) is 0 Å². The van der Waals surface area contributed by atoms with Gasteiger partial charge in [-0.1, -0.05) is 13.3 Å². The van der Waals surface area contributed by atoms with Crippen LogP contribution in [0.1, 0.15) is 23.2 Å². The maximum atomic E-state index is 4.26. The number of rotatable bonds is 5. The van der Waals surface area contributed by atoms with Gasteiger partial charge in [0, 0.05) is 11.1 Å². The SMILES string of the molecule is CCC(CNC)Cc1cnc(C)s1. The molecule has 0 aliphatic rings. The van der Waals surface area contributed by atoms with E-state index in [4.69, 9.17) is 0 Å². The van der Waals surface area contributed by atoms with Crippen LogP contribution in [-0.2, 0) is 6.42 Å². The predicted molar refractivity (Wildman–Crippen MR) is 58.3 cm³/mol. The van der Waals surface area contributed by atoms with Crippen molar-refractivity contribution >= 4 is 11.3 Å². The van der Waals surface area contributed by atoms with Crippen molar-refractivity contribution in [1.29, 1.82) is 0 Å². The van der Waals surface area contributed by atoms with Gasteiger partial charge in [0.2, 0.25) is 0 Å². The molecule has 0 bridgehead atoms. The van der Waals surface area contributed by atoms with Gasteiger partial charge >= 0.3 is 0 Å². The predicted octanol–water partition coefficient (Wildman–Crippen LogP) is 2.24. The lowest BCUT2D eigenvalue weighted by molar-refractivity contribution is 0.484. The first-order valence-corrected chi connectivity index (χ1v) is 5.63. The van der Waals surface area contributed by atoms with Gasteiger partial charge in [-0.15, -0.1) is 11.3 Å². The van der Waals surface area contributed by atoms with Crippen molar-refractivity contribution in [1.82, 2.24) is 10.3 Å². The molecule has 3 heteroatoms. The quantitative estimate of drug-likeness (QED) is 0.785. The highest BCUT2D eigenvalue weighted by molar-refractivity contribution is 7.11. The third-order valence-electron chi connectivity index (χ3n) is 2.23. The Morgan fingerprint density at radius 2 is 2.38 bits per heavy atom. The van der Waals surface area contributed by atoms with Crippen LogP contribution in [0.15, 0.2) is 6.20 Å². The molecule has 0 saturated carbocycles. The maximum absolute atomic E-state index is 4.26. The van der Waals surface area contributed by atoms with Gasteiger partial charge < -0.3 is 5.32 Å². The molecule has 13 heavy (non-hydrogen) atoms. The second-order valence-corrected chi connectivity index (χ2v) is 4.70. The lowest BCUT2D eigenvalue weighted by Crippen LogP contribution is -2.19. The summed E-state index contributed by atoms with van der Waals surface area (Å²) in [5.74, 6) is 0.754. The Kier molecular flexibility index (Phi) is 4.39. The van der Waals surface area contributed by atoms with Crippen LogP contribution in [0.3, 0.4) is 0 Å². The highest BCUT2D eigenvalue weighted by Crippen LogP contribution is 2.17. The molecule has 1 rings (SSSR count). The fourth-order valence-electron chi connectivity index (χ4n) is 1.43. The van der Waals surface area contributed by atoms with E-state index in [0.717, 1.165) is 12.5 Å². The van der Waals surface area contributed by atoms with Crippen LogP contribution in [0.25, 0.3) is 0 Å². The molecule has 1 N–H and O–H groups in total. The van der Waals surface area contributed by atoms with Crippen LogP contribution in [-0.4, -0.2) is 18.6 Å². The van der Waals surface area contributed by atoms with E-state index >= 15 is 0 Å². The normalized spacial score (nSPS) is 13.2. The molecule has 74 valence electrons. The Labute approximate surface area is 84.4 Å². The molecule has 0 aliphatic carbocycles. The molecule has 0 spiro atoms. The van der Waals surface area contributed by atoms with Gasteiger partial charge in [0.25, 0.3) is 0 Å². The lowest BCUT2D eigenvalue weighted by atomic mass is 10.0. The number of thiazole rings is 1. The van der Waals surface area contributed by atoms with Crippen LogP contribution in [0.2, 0.25) is 0 Å². The first-order chi connectivity index (χ1) is 6.26.